The molecule has 0 bridgehead atoms. The summed E-state index contributed by atoms with van der Waals surface area (Å²) >= 11 is 0. The van der Waals surface area contributed by atoms with Crippen LogP contribution in [0.5, 0.6) is 0 Å². The lowest BCUT2D eigenvalue weighted by Gasteiger charge is -2.26. The number of nitrogens with one attached hydrogen (secondary N) is 1. The van der Waals surface area contributed by atoms with Crippen molar-refractivity contribution in [1.29, 1.82) is 0 Å². The topological polar surface area (TPSA) is 31.4 Å². The van der Waals surface area contributed by atoms with Gasteiger partial charge in [-0.05, 0) is 38.5 Å². The summed E-state index contributed by atoms with van der Waals surface area (Å²) in [5.74, 6) is 1.01. The molecule has 0 atom stereocenters. The predicted molar refractivity (Wildman–Crippen MR) is 89.6 cm³/mol. The lowest BCUT2D eigenvalue weighted by Crippen LogP contribution is -2.35. The van der Waals surface area contributed by atoms with Crippen LogP contribution in [0.3, 0.4) is 0 Å². The Kier molecular flexibility index (Phi) is 6.96. The number of hydrogen-bond donors (Lipinski definition) is 1. The zero-order chi connectivity index (χ0) is 14.9. The zero-order valence-corrected chi connectivity index (χ0v) is 13.6. The SMILES string of the molecule is CCN(CCN1CCCCCC1)Cc1cccnc1NC. The van der Waals surface area contributed by atoms with E-state index in [4.69, 9.17) is 0 Å². The molecule has 0 unspecified atom stereocenters. The van der Waals surface area contributed by atoms with E-state index < -0.39 is 0 Å². The van der Waals surface area contributed by atoms with Gasteiger partial charge in [0.25, 0.3) is 0 Å². The smallest absolute Gasteiger partial charge is 0.130 e. The highest BCUT2D eigenvalue weighted by Crippen LogP contribution is 2.14. The molecule has 0 saturated carbocycles. The van der Waals surface area contributed by atoms with Gasteiger partial charge in [-0.25, -0.2) is 4.98 Å². The molecule has 2 rings (SSSR count). The molecule has 0 spiro atoms. The first-order chi connectivity index (χ1) is 10.3. The molecule has 2 heterocycles. The minimum atomic E-state index is 0.981. The standard InChI is InChI=1S/C17H30N4/c1-3-20(13-14-21-11-6-4-5-7-12-21)15-16-9-8-10-19-17(16)18-2/h8-10H,3-7,11-15H2,1-2H3,(H,18,19). The Labute approximate surface area is 129 Å². The highest BCUT2D eigenvalue weighted by atomic mass is 15.2. The first-order valence-electron chi connectivity index (χ1n) is 8.40. The quantitative estimate of drug-likeness (QED) is 0.837. The molecule has 1 saturated heterocycles. The van der Waals surface area contributed by atoms with Crippen LogP contribution in [-0.4, -0.2) is 54.6 Å². The largest absolute Gasteiger partial charge is 0.373 e. The third kappa shape index (κ3) is 5.29. The molecule has 1 aromatic rings. The second-order valence-corrected chi connectivity index (χ2v) is 5.89. The van der Waals surface area contributed by atoms with Crippen molar-refractivity contribution in [3.8, 4) is 0 Å². The summed E-state index contributed by atoms with van der Waals surface area (Å²) in [6.45, 7) is 9.23. The summed E-state index contributed by atoms with van der Waals surface area (Å²) in [5, 5.41) is 3.19. The van der Waals surface area contributed by atoms with Crippen molar-refractivity contribution in [2.75, 3.05) is 45.1 Å². The number of likely N-dealkylation sites (N-methyl/N-ethyl adjacent to an activating group) is 1. The minimum Gasteiger partial charge on any atom is -0.373 e. The van der Waals surface area contributed by atoms with Gasteiger partial charge in [0.05, 0.1) is 0 Å². The van der Waals surface area contributed by atoms with Gasteiger partial charge in [-0.15, -0.1) is 0 Å². The molecule has 0 aromatic carbocycles. The van der Waals surface area contributed by atoms with Gasteiger partial charge in [0.2, 0.25) is 0 Å². The maximum atomic E-state index is 4.40. The van der Waals surface area contributed by atoms with Crippen LogP contribution in [0.2, 0.25) is 0 Å². The molecule has 1 aliphatic rings. The van der Waals surface area contributed by atoms with Crippen molar-refractivity contribution in [1.82, 2.24) is 14.8 Å². The molecule has 4 heteroatoms. The van der Waals surface area contributed by atoms with Gasteiger partial charge in [-0.2, -0.15) is 0 Å². The number of aromatic nitrogens is 1. The van der Waals surface area contributed by atoms with E-state index in [2.05, 4.69) is 33.1 Å². The third-order valence-electron chi connectivity index (χ3n) is 4.40. The fourth-order valence-corrected chi connectivity index (χ4v) is 3.02. The van der Waals surface area contributed by atoms with Gasteiger partial charge in [0.1, 0.15) is 5.82 Å². The van der Waals surface area contributed by atoms with Crippen LogP contribution in [0.15, 0.2) is 18.3 Å². The van der Waals surface area contributed by atoms with Crippen molar-refractivity contribution in [2.45, 2.75) is 39.2 Å². The van der Waals surface area contributed by atoms with Crippen LogP contribution >= 0.6 is 0 Å². The van der Waals surface area contributed by atoms with E-state index in [1.807, 2.05) is 19.3 Å². The van der Waals surface area contributed by atoms with Crippen LogP contribution < -0.4 is 5.32 Å². The van der Waals surface area contributed by atoms with Gasteiger partial charge < -0.3 is 10.2 Å². The Balaban J connectivity index is 1.84. The third-order valence-corrected chi connectivity index (χ3v) is 4.40. The Morgan fingerprint density at radius 1 is 1.24 bits per heavy atom. The summed E-state index contributed by atoms with van der Waals surface area (Å²) in [6.07, 6.45) is 7.42. The number of hydrogen-bond acceptors (Lipinski definition) is 4. The molecule has 21 heavy (non-hydrogen) atoms. The highest BCUT2D eigenvalue weighted by molar-refractivity contribution is 5.42. The number of pyridine rings is 1. The van der Waals surface area contributed by atoms with E-state index >= 15 is 0 Å². The molecule has 0 radical (unpaired) electrons. The summed E-state index contributed by atoms with van der Waals surface area (Å²) in [5.41, 5.74) is 1.29. The molecule has 0 aliphatic carbocycles. The van der Waals surface area contributed by atoms with Crippen molar-refractivity contribution < 1.29 is 0 Å². The number of nitrogens with zero attached hydrogens (tertiary/aromatic N) is 3. The lowest BCUT2D eigenvalue weighted by molar-refractivity contribution is 0.208. The summed E-state index contributed by atoms with van der Waals surface area (Å²) in [6, 6.07) is 4.20. The van der Waals surface area contributed by atoms with Gasteiger partial charge in [0.15, 0.2) is 0 Å². The Morgan fingerprint density at radius 2 is 2.00 bits per heavy atom. The molecular formula is C17H30N4. The molecule has 0 amide bonds. The van der Waals surface area contributed by atoms with Crippen LogP contribution in [0.4, 0.5) is 5.82 Å². The predicted octanol–water partition coefficient (Wildman–Crippen LogP) is 2.82. The zero-order valence-electron chi connectivity index (χ0n) is 13.6. The van der Waals surface area contributed by atoms with Gasteiger partial charge >= 0.3 is 0 Å². The average molecular weight is 290 g/mol. The van der Waals surface area contributed by atoms with Crippen molar-refractivity contribution >= 4 is 5.82 Å². The van der Waals surface area contributed by atoms with Crippen LogP contribution in [0.1, 0.15) is 38.2 Å². The van der Waals surface area contributed by atoms with E-state index in [0.717, 1.165) is 25.5 Å². The van der Waals surface area contributed by atoms with Gasteiger partial charge in [-0.1, -0.05) is 25.8 Å². The van der Waals surface area contributed by atoms with E-state index in [-0.39, 0.29) is 0 Å². The number of likely N-dealkylation sites (tertiary alicyclic amines) is 1. The minimum absolute atomic E-state index is 0.981. The second kappa shape index (κ2) is 9.00. The fraction of sp³-hybridized carbons (Fsp3) is 0.706. The van der Waals surface area contributed by atoms with Gasteiger partial charge in [-0.3, -0.25) is 4.90 Å². The summed E-state index contributed by atoms with van der Waals surface area (Å²) in [7, 11) is 1.94. The Bertz CT molecular complexity index is 400. The molecule has 4 nitrogen and oxygen atoms in total. The Morgan fingerprint density at radius 3 is 2.67 bits per heavy atom. The lowest BCUT2D eigenvalue weighted by atomic mass is 10.2. The fourth-order valence-electron chi connectivity index (χ4n) is 3.02. The molecule has 1 aromatic heterocycles. The first-order valence-corrected chi connectivity index (χ1v) is 8.40. The average Bonchev–Trinajstić information content (AvgIpc) is 2.80. The summed E-state index contributed by atoms with van der Waals surface area (Å²) < 4.78 is 0. The highest BCUT2D eigenvalue weighted by Gasteiger charge is 2.12. The maximum Gasteiger partial charge on any atom is 0.130 e. The van der Waals surface area contributed by atoms with Crippen LogP contribution in [0, 0.1) is 0 Å². The number of anilines is 1. The normalized spacial score (nSPS) is 16.9. The first kappa shape index (κ1) is 16.2. The number of rotatable bonds is 7. The van der Waals surface area contributed by atoms with Crippen molar-refractivity contribution in [3.63, 3.8) is 0 Å². The van der Waals surface area contributed by atoms with Gasteiger partial charge in [0, 0.05) is 38.4 Å². The molecule has 118 valence electrons. The van der Waals surface area contributed by atoms with E-state index in [1.165, 1.54) is 50.9 Å². The van der Waals surface area contributed by atoms with E-state index in [1.54, 1.807) is 0 Å². The van der Waals surface area contributed by atoms with E-state index in [0.29, 0.717) is 0 Å². The molecule has 1 aliphatic heterocycles. The molecule has 1 fully saturated rings. The monoisotopic (exact) mass is 290 g/mol. The second-order valence-electron chi connectivity index (χ2n) is 5.89. The maximum absolute atomic E-state index is 4.40. The molecule has 1 N–H and O–H groups in total. The van der Waals surface area contributed by atoms with Crippen molar-refractivity contribution in [2.24, 2.45) is 0 Å². The van der Waals surface area contributed by atoms with Crippen molar-refractivity contribution in [3.05, 3.63) is 23.9 Å². The van der Waals surface area contributed by atoms with Crippen LogP contribution in [0.25, 0.3) is 0 Å². The summed E-state index contributed by atoms with van der Waals surface area (Å²) in [4.78, 5) is 9.55. The van der Waals surface area contributed by atoms with Crippen LogP contribution in [-0.2, 0) is 6.54 Å². The van der Waals surface area contributed by atoms with E-state index in [9.17, 15) is 0 Å². The molecular weight excluding hydrogens is 260 g/mol. The Hall–Kier alpha value is -1.13.